The number of ether oxygens (including phenoxy) is 1. The highest BCUT2D eigenvalue weighted by atomic mass is 35.5. The second-order valence-electron chi connectivity index (χ2n) is 7.23. The van der Waals surface area contributed by atoms with Gasteiger partial charge in [-0.3, -0.25) is 9.59 Å². The number of carbonyl (C=O) groups excluding carboxylic acids is 2. The molecule has 0 spiro atoms. The van der Waals surface area contributed by atoms with E-state index in [0.717, 1.165) is 15.4 Å². The summed E-state index contributed by atoms with van der Waals surface area (Å²) in [6.45, 7) is 3.43. The van der Waals surface area contributed by atoms with Crippen LogP contribution < -0.4 is 5.32 Å². The van der Waals surface area contributed by atoms with E-state index in [4.69, 9.17) is 16.3 Å². The lowest BCUT2D eigenvalue weighted by Crippen LogP contribution is -2.42. The maximum Gasteiger partial charge on any atom is 0.324 e. The normalized spacial score (nSPS) is 17.0. The van der Waals surface area contributed by atoms with Crippen LogP contribution in [0.25, 0.3) is 0 Å². The van der Waals surface area contributed by atoms with Gasteiger partial charge in [0, 0.05) is 6.54 Å². The van der Waals surface area contributed by atoms with E-state index in [2.05, 4.69) is 5.32 Å². The molecule has 9 heteroatoms. The highest BCUT2D eigenvalue weighted by Crippen LogP contribution is 2.27. The molecule has 1 amide bonds. The van der Waals surface area contributed by atoms with E-state index in [0.29, 0.717) is 23.6 Å². The average molecular weight is 451 g/mol. The Morgan fingerprint density at radius 1 is 1.13 bits per heavy atom. The molecule has 1 aliphatic rings. The highest BCUT2D eigenvalue weighted by molar-refractivity contribution is 7.89. The number of carbonyl (C=O) groups is 2. The Labute approximate surface area is 181 Å². The predicted molar refractivity (Wildman–Crippen MR) is 114 cm³/mol. The van der Waals surface area contributed by atoms with Crippen LogP contribution in [0.2, 0.25) is 5.02 Å². The molecule has 1 fully saturated rings. The molecular formula is C21H23ClN2O5S. The summed E-state index contributed by atoms with van der Waals surface area (Å²) < 4.78 is 32.1. The topological polar surface area (TPSA) is 92.8 Å². The van der Waals surface area contributed by atoms with E-state index in [1.165, 1.54) is 12.1 Å². The number of halogens is 1. The molecule has 0 radical (unpaired) electrons. The first-order chi connectivity index (χ1) is 14.2. The molecule has 2 aromatic rings. The minimum absolute atomic E-state index is 0.125. The molecule has 3 rings (SSSR count). The summed E-state index contributed by atoms with van der Waals surface area (Å²) in [7, 11) is -3.83. The first kappa shape index (κ1) is 22.3. The fourth-order valence-corrected chi connectivity index (χ4v) is 5.18. The summed E-state index contributed by atoms with van der Waals surface area (Å²) in [5.74, 6) is -1.30. The van der Waals surface area contributed by atoms with Gasteiger partial charge in [0.15, 0.2) is 6.61 Å². The molecule has 7 nitrogen and oxygen atoms in total. The van der Waals surface area contributed by atoms with E-state index >= 15 is 0 Å². The molecule has 0 saturated carbocycles. The van der Waals surface area contributed by atoms with Crippen molar-refractivity contribution >= 4 is 39.2 Å². The standard InChI is InChI=1S/C21H23ClN2O5S/c1-14-5-8-16(9-6-14)30(27,28)24-11-3-4-19(24)21(26)29-13-20(25)23-18-10-7-15(2)12-17(18)22/h5-10,12,19H,3-4,11,13H2,1-2H3,(H,23,25)/t19-/m0/s1. The van der Waals surface area contributed by atoms with Crippen molar-refractivity contribution in [3.05, 3.63) is 58.6 Å². The van der Waals surface area contributed by atoms with E-state index in [9.17, 15) is 18.0 Å². The van der Waals surface area contributed by atoms with Crippen LogP contribution in [-0.4, -0.2) is 43.8 Å². The van der Waals surface area contributed by atoms with Gasteiger partial charge in [0.25, 0.3) is 5.91 Å². The Hall–Kier alpha value is -2.42. The molecule has 160 valence electrons. The summed E-state index contributed by atoms with van der Waals surface area (Å²) in [6, 6.07) is 10.6. The SMILES string of the molecule is Cc1ccc(S(=O)(=O)N2CCC[C@H]2C(=O)OCC(=O)Nc2ccc(C)cc2Cl)cc1. The molecule has 1 heterocycles. The number of anilines is 1. The van der Waals surface area contributed by atoms with Crippen LogP contribution in [0.3, 0.4) is 0 Å². The molecule has 30 heavy (non-hydrogen) atoms. The van der Waals surface area contributed by atoms with Crippen molar-refractivity contribution in [1.82, 2.24) is 4.31 Å². The largest absolute Gasteiger partial charge is 0.454 e. The van der Waals surface area contributed by atoms with Crippen LogP contribution in [0.15, 0.2) is 47.4 Å². The van der Waals surface area contributed by atoms with Crippen molar-refractivity contribution in [3.8, 4) is 0 Å². The Kier molecular flexibility index (Phi) is 6.80. The third kappa shape index (κ3) is 5.00. The molecule has 1 N–H and O–H groups in total. The van der Waals surface area contributed by atoms with Gasteiger partial charge in [-0.25, -0.2) is 8.42 Å². The second kappa shape index (κ2) is 9.16. The fraction of sp³-hybridized carbons (Fsp3) is 0.333. The van der Waals surface area contributed by atoms with Gasteiger partial charge in [-0.15, -0.1) is 0 Å². The van der Waals surface area contributed by atoms with Crippen molar-refractivity contribution in [2.24, 2.45) is 0 Å². The van der Waals surface area contributed by atoms with Crippen LogP contribution in [0.1, 0.15) is 24.0 Å². The maximum atomic E-state index is 12.9. The summed E-state index contributed by atoms with van der Waals surface area (Å²) in [5, 5.41) is 2.95. The van der Waals surface area contributed by atoms with Crippen molar-refractivity contribution in [3.63, 3.8) is 0 Å². The Morgan fingerprint density at radius 3 is 2.47 bits per heavy atom. The zero-order chi connectivity index (χ0) is 21.9. The molecule has 1 saturated heterocycles. The monoisotopic (exact) mass is 450 g/mol. The Balaban J connectivity index is 1.63. The van der Waals surface area contributed by atoms with Crippen LogP contribution in [0.4, 0.5) is 5.69 Å². The minimum Gasteiger partial charge on any atom is -0.454 e. The molecule has 2 aromatic carbocycles. The number of nitrogens with zero attached hydrogens (tertiary/aromatic N) is 1. The number of benzene rings is 2. The number of nitrogens with one attached hydrogen (secondary N) is 1. The molecule has 0 bridgehead atoms. The molecule has 0 aliphatic carbocycles. The highest BCUT2D eigenvalue weighted by Gasteiger charge is 2.40. The summed E-state index contributed by atoms with van der Waals surface area (Å²) in [4.78, 5) is 24.8. The zero-order valence-electron chi connectivity index (χ0n) is 16.7. The number of aryl methyl sites for hydroxylation is 2. The van der Waals surface area contributed by atoms with Gasteiger partial charge in [0.05, 0.1) is 15.6 Å². The van der Waals surface area contributed by atoms with E-state index < -0.39 is 34.5 Å². The minimum atomic E-state index is -3.83. The molecule has 0 aromatic heterocycles. The first-order valence-electron chi connectivity index (χ1n) is 9.49. The number of amides is 1. The Bertz CT molecular complexity index is 1050. The summed E-state index contributed by atoms with van der Waals surface area (Å²) >= 11 is 6.08. The molecule has 1 atom stereocenters. The maximum absolute atomic E-state index is 12.9. The van der Waals surface area contributed by atoms with E-state index in [1.54, 1.807) is 30.3 Å². The zero-order valence-corrected chi connectivity index (χ0v) is 18.3. The lowest BCUT2D eigenvalue weighted by Gasteiger charge is -2.22. The fourth-order valence-electron chi connectivity index (χ4n) is 3.25. The van der Waals surface area contributed by atoms with Gasteiger partial charge in [0.2, 0.25) is 10.0 Å². The van der Waals surface area contributed by atoms with Gasteiger partial charge in [-0.2, -0.15) is 4.31 Å². The van der Waals surface area contributed by atoms with Crippen molar-refractivity contribution in [2.75, 3.05) is 18.5 Å². The average Bonchev–Trinajstić information content (AvgIpc) is 3.19. The molecule has 0 unspecified atom stereocenters. The van der Waals surface area contributed by atoms with Gasteiger partial charge in [0.1, 0.15) is 6.04 Å². The molecule has 1 aliphatic heterocycles. The number of sulfonamides is 1. The van der Waals surface area contributed by atoms with Crippen LogP contribution in [-0.2, 0) is 24.3 Å². The van der Waals surface area contributed by atoms with E-state index in [1.807, 2.05) is 13.8 Å². The summed E-state index contributed by atoms with van der Waals surface area (Å²) in [5.41, 5.74) is 2.29. The van der Waals surface area contributed by atoms with Crippen molar-refractivity contribution in [1.29, 1.82) is 0 Å². The first-order valence-corrected chi connectivity index (χ1v) is 11.3. The summed E-state index contributed by atoms with van der Waals surface area (Å²) in [6.07, 6.45) is 0.880. The Morgan fingerprint density at radius 2 is 1.80 bits per heavy atom. The van der Waals surface area contributed by atoms with E-state index in [-0.39, 0.29) is 11.4 Å². The smallest absolute Gasteiger partial charge is 0.324 e. The van der Waals surface area contributed by atoms with Crippen LogP contribution >= 0.6 is 11.6 Å². The third-order valence-corrected chi connectivity index (χ3v) is 7.08. The lowest BCUT2D eigenvalue weighted by atomic mass is 10.2. The third-order valence-electron chi connectivity index (χ3n) is 4.85. The number of esters is 1. The second-order valence-corrected chi connectivity index (χ2v) is 9.52. The van der Waals surface area contributed by atoms with Crippen LogP contribution in [0, 0.1) is 13.8 Å². The lowest BCUT2D eigenvalue weighted by molar-refractivity contribution is -0.150. The number of hydrogen-bond donors (Lipinski definition) is 1. The van der Waals surface area contributed by atoms with Gasteiger partial charge in [-0.1, -0.05) is 35.4 Å². The quantitative estimate of drug-likeness (QED) is 0.681. The predicted octanol–water partition coefficient (Wildman–Crippen LogP) is 3.29. The van der Waals surface area contributed by atoms with Gasteiger partial charge < -0.3 is 10.1 Å². The van der Waals surface area contributed by atoms with Gasteiger partial charge in [-0.05, 0) is 56.5 Å². The molecular weight excluding hydrogens is 428 g/mol. The van der Waals surface area contributed by atoms with Gasteiger partial charge >= 0.3 is 5.97 Å². The number of hydrogen-bond acceptors (Lipinski definition) is 5. The van der Waals surface area contributed by atoms with Crippen molar-refractivity contribution < 1.29 is 22.7 Å². The van der Waals surface area contributed by atoms with Crippen LogP contribution in [0.5, 0.6) is 0 Å². The van der Waals surface area contributed by atoms with Crippen molar-refractivity contribution in [2.45, 2.75) is 37.6 Å². The number of rotatable bonds is 6.